The van der Waals surface area contributed by atoms with E-state index in [0.29, 0.717) is 13.1 Å². The van der Waals surface area contributed by atoms with E-state index in [9.17, 15) is 24.6 Å². The number of carboxylic acids is 1. The summed E-state index contributed by atoms with van der Waals surface area (Å²) in [6.07, 6.45) is -1.76. The Morgan fingerprint density at radius 2 is 1.85 bits per heavy atom. The molecule has 3 saturated heterocycles. The molecule has 2 unspecified atom stereocenters. The van der Waals surface area contributed by atoms with Gasteiger partial charge in [0.15, 0.2) is 0 Å². The quantitative estimate of drug-likeness (QED) is 0.379. The molecule has 0 spiro atoms. The Balaban J connectivity index is 0.00000243. The number of aliphatic carboxylic acids is 1. The standard InChI is InChI=1S/C16H24N2O6S.Na/c1-7-5-17(6-8(2)24-7)13(21)10(19)9-12(20)18-11(15(22)23)16(3,4)25-14(9)18;/h7-11,14,19H,5-6H2,1-4H3,(H,22,23);/q;+1/p-1/t7?,8?,9-,10+,11+,14-;/m1./s1. The van der Waals surface area contributed by atoms with Crippen LogP contribution < -0.4 is 34.7 Å². The van der Waals surface area contributed by atoms with Crippen molar-refractivity contribution in [1.29, 1.82) is 0 Å². The summed E-state index contributed by atoms with van der Waals surface area (Å²) in [6, 6.07) is -1.06. The maximum Gasteiger partial charge on any atom is 1.00 e. The number of carbonyl (C=O) groups is 3. The van der Waals surface area contributed by atoms with E-state index < -0.39 is 46.0 Å². The SMILES string of the molecule is CC1CN(C(=O)[C@@H](O)[C@@H]2C(=O)N3[C@@H]2SC(C)(C)[C@@H]3C(=O)[O-])CC(C)O1.[Na+]. The monoisotopic (exact) mass is 394 g/mol. The minimum absolute atomic E-state index is 0. The van der Waals surface area contributed by atoms with Crippen LogP contribution in [0.3, 0.4) is 0 Å². The van der Waals surface area contributed by atoms with Gasteiger partial charge in [0.25, 0.3) is 5.91 Å². The molecular formula is C16H23N2NaO6S. The van der Waals surface area contributed by atoms with Crippen molar-refractivity contribution in [2.45, 2.75) is 62.2 Å². The average molecular weight is 394 g/mol. The number of β-lactam (4-membered cyclic amide) rings is 1. The summed E-state index contributed by atoms with van der Waals surface area (Å²) >= 11 is 1.29. The molecule has 10 heteroatoms. The number of nitrogens with zero attached hydrogens (tertiary/aromatic N) is 2. The number of hydrogen-bond acceptors (Lipinski definition) is 7. The summed E-state index contributed by atoms with van der Waals surface area (Å²) in [5.41, 5.74) is 0. The van der Waals surface area contributed by atoms with Gasteiger partial charge in [-0.3, -0.25) is 9.59 Å². The molecule has 6 atom stereocenters. The fraction of sp³-hybridized carbons (Fsp3) is 0.812. The van der Waals surface area contributed by atoms with Gasteiger partial charge in [0.05, 0.1) is 29.6 Å². The summed E-state index contributed by atoms with van der Waals surface area (Å²) in [5, 5.41) is 21.4. The number of aliphatic hydroxyl groups is 1. The van der Waals surface area contributed by atoms with Gasteiger partial charge in [-0.2, -0.15) is 0 Å². The second-order valence-corrected chi connectivity index (χ2v) is 9.32. The number of aliphatic hydroxyl groups excluding tert-OH is 1. The molecule has 0 bridgehead atoms. The predicted octanol–water partition coefficient (Wildman–Crippen LogP) is -4.58. The molecule has 3 heterocycles. The van der Waals surface area contributed by atoms with Crippen LogP contribution in [0.15, 0.2) is 0 Å². The van der Waals surface area contributed by atoms with Gasteiger partial charge in [-0.25, -0.2) is 0 Å². The Hall–Kier alpha value is -0.320. The van der Waals surface area contributed by atoms with E-state index in [0.717, 1.165) is 0 Å². The van der Waals surface area contributed by atoms with Crippen molar-refractivity contribution in [2.24, 2.45) is 5.92 Å². The fourth-order valence-electron chi connectivity index (χ4n) is 4.01. The fourth-order valence-corrected chi connectivity index (χ4v) is 5.72. The Labute approximate surface area is 178 Å². The van der Waals surface area contributed by atoms with Crippen LogP contribution in [0.4, 0.5) is 0 Å². The van der Waals surface area contributed by atoms with E-state index >= 15 is 0 Å². The van der Waals surface area contributed by atoms with Gasteiger partial charge in [-0.05, 0) is 27.7 Å². The average Bonchev–Trinajstić information content (AvgIpc) is 2.73. The first-order chi connectivity index (χ1) is 11.5. The molecule has 1 N–H and O–H groups in total. The molecule has 2 amide bonds. The van der Waals surface area contributed by atoms with E-state index in [-0.39, 0.29) is 41.8 Å². The molecule has 0 aliphatic carbocycles. The van der Waals surface area contributed by atoms with Crippen LogP contribution in [0.5, 0.6) is 0 Å². The molecule has 0 aromatic heterocycles. The van der Waals surface area contributed by atoms with Gasteiger partial charge in [0.1, 0.15) is 12.0 Å². The molecule has 3 aliphatic rings. The van der Waals surface area contributed by atoms with Crippen LogP contribution >= 0.6 is 11.8 Å². The van der Waals surface area contributed by atoms with E-state index in [1.54, 1.807) is 13.8 Å². The van der Waals surface area contributed by atoms with Crippen LogP contribution in [-0.4, -0.2) is 80.3 Å². The van der Waals surface area contributed by atoms with Gasteiger partial charge >= 0.3 is 29.6 Å². The number of ether oxygens (including phenoxy) is 1. The zero-order chi connectivity index (χ0) is 18.7. The molecule has 0 aromatic rings. The Morgan fingerprint density at radius 1 is 1.31 bits per heavy atom. The Morgan fingerprint density at radius 3 is 2.35 bits per heavy atom. The molecule has 140 valence electrons. The van der Waals surface area contributed by atoms with Crippen molar-refractivity contribution in [3.63, 3.8) is 0 Å². The number of amides is 2. The molecule has 0 saturated carbocycles. The van der Waals surface area contributed by atoms with Crippen LogP contribution in [0.25, 0.3) is 0 Å². The summed E-state index contributed by atoms with van der Waals surface area (Å²) < 4.78 is 4.84. The van der Waals surface area contributed by atoms with Crippen LogP contribution in [0.1, 0.15) is 27.7 Å². The predicted molar refractivity (Wildman–Crippen MR) is 87.2 cm³/mol. The molecule has 8 nitrogen and oxygen atoms in total. The first-order valence-electron chi connectivity index (χ1n) is 8.37. The molecule has 0 radical (unpaired) electrons. The summed E-state index contributed by atoms with van der Waals surface area (Å²) in [7, 11) is 0. The Bertz CT molecular complexity index is 608. The molecule has 0 aromatic carbocycles. The van der Waals surface area contributed by atoms with Crippen LogP contribution in [-0.2, 0) is 19.1 Å². The third-order valence-corrected chi connectivity index (χ3v) is 6.62. The van der Waals surface area contributed by atoms with E-state index in [2.05, 4.69) is 0 Å². The maximum absolute atomic E-state index is 12.6. The maximum atomic E-state index is 12.6. The van der Waals surface area contributed by atoms with Crippen molar-refractivity contribution >= 4 is 29.5 Å². The first-order valence-corrected chi connectivity index (χ1v) is 9.25. The number of morpholine rings is 1. The zero-order valence-electron chi connectivity index (χ0n) is 15.7. The van der Waals surface area contributed by atoms with E-state index in [1.165, 1.54) is 21.6 Å². The van der Waals surface area contributed by atoms with Crippen LogP contribution in [0.2, 0.25) is 0 Å². The number of carbonyl (C=O) groups excluding carboxylic acids is 3. The van der Waals surface area contributed by atoms with Crippen LogP contribution in [0, 0.1) is 5.92 Å². The summed E-state index contributed by atoms with van der Waals surface area (Å²) in [4.78, 5) is 39.3. The van der Waals surface area contributed by atoms with Gasteiger partial charge < -0.3 is 29.5 Å². The second kappa shape index (κ2) is 7.60. The topological polar surface area (TPSA) is 110 Å². The molecule has 3 aliphatic heterocycles. The molecular weight excluding hydrogens is 371 g/mol. The molecule has 3 rings (SSSR count). The third-order valence-electron chi connectivity index (χ3n) is 5.03. The van der Waals surface area contributed by atoms with Gasteiger partial charge in [-0.15, -0.1) is 11.8 Å². The van der Waals surface area contributed by atoms with Crippen molar-refractivity contribution < 1.29 is 58.9 Å². The molecule has 26 heavy (non-hydrogen) atoms. The van der Waals surface area contributed by atoms with Gasteiger partial charge in [-0.1, -0.05) is 0 Å². The summed E-state index contributed by atoms with van der Waals surface area (Å²) in [6.45, 7) is 7.85. The number of fused-ring (bicyclic) bond motifs is 1. The number of hydrogen-bond donors (Lipinski definition) is 1. The second-order valence-electron chi connectivity index (χ2n) is 7.55. The Kier molecular flexibility index (Phi) is 6.42. The first kappa shape index (κ1) is 22.0. The van der Waals surface area contributed by atoms with E-state index in [4.69, 9.17) is 4.74 Å². The molecule has 3 fully saturated rings. The number of rotatable bonds is 3. The summed E-state index contributed by atoms with van der Waals surface area (Å²) in [5.74, 6) is -3.25. The third kappa shape index (κ3) is 3.54. The van der Waals surface area contributed by atoms with E-state index in [1.807, 2.05) is 13.8 Å². The largest absolute Gasteiger partial charge is 1.00 e. The number of thioether (sulfide) groups is 1. The number of carboxylic acid groups (broad SMARTS) is 1. The minimum atomic E-state index is -1.48. The smallest absolute Gasteiger partial charge is 0.548 e. The minimum Gasteiger partial charge on any atom is -0.548 e. The van der Waals surface area contributed by atoms with Gasteiger partial charge in [0, 0.05) is 17.8 Å². The van der Waals surface area contributed by atoms with Crippen molar-refractivity contribution in [3.8, 4) is 0 Å². The van der Waals surface area contributed by atoms with Gasteiger partial charge in [0.2, 0.25) is 5.91 Å². The van der Waals surface area contributed by atoms with Crippen molar-refractivity contribution in [1.82, 2.24) is 9.80 Å². The zero-order valence-corrected chi connectivity index (χ0v) is 18.5. The van der Waals surface area contributed by atoms with Crippen molar-refractivity contribution in [2.75, 3.05) is 13.1 Å². The normalized spacial score (nSPS) is 36.7. The van der Waals surface area contributed by atoms with Crippen molar-refractivity contribution in [3.05, 3.63) is 0 Å².